The van der Waals surface area contributed by atoms with Crippen molar-refractivity contribution in [2.24, 2.45) is 47.0 Å². The number of amides is 11. The Morgan fingerprint density at radius 3 is 1.40 bits per heavy atom. The summed E-state index contributed by atoms with van der Waals surface area (Å²) < 4.78 is 31.7. The fourth-order valence-electron chi connectivity index (χ4n) is 10.5. The van der Waals surface area contributed by atoms with Crippen molar-refractivity contribution in [3.8, 4) is 0 Å². The van der Waals surface area contributed by atoms with E-state index in [9.17, 15) is 86.0 Å². The van der Waals surface area contributed by atoms with Crippen LogP contribution in [-0.4, -0.2) is 212 Å². The molecule has 0 aromatic heterocycles. The minimum Gasteiger partial charge on any atom is -0.480 e. The lowest BCUT2D eigenvalue weighted by atomic mass is 9.94. The second-order valence-electron chi connectivity index (χ2n) is 26.8. The minimum atomic E-state index is -5.08. The number of carboxylic acids is 2. The number of thiol groups is 1. The quantitative estimate of drug-likeness (QED) is 0.0304. The largest absolute Gasteiger partial charge is 0.490 e. The molecule has 0 aliphatic carbocycles. The fourth-order valence-corrected chi connectivity index (χ4v) is 10.6. The van der Waals surface area contributed by atoms with Crippen LogP contribution in [0.5, 0.6) is 0 Å². The van der Waals surface area contributed by atoms with E-state index in [1.165, 1.54) is 11.8 Å². The van der Waals surface area contributed by atoms with Crippen LogP contribution in [0.1, 0.15) is 153 Å². The Kier molecular flexibility index (Phi) is 40.2. The molecule has 0 spiro atoms. The third-order valence-electron chi connectivity index (χ3n) is 16.7. The minimum absolute atomic E-state index is 0.0110. The smallest absolute Gasteiger partial charge is 0.480 e. The number of likely N-dealkylation sites (tertiary alicyclic amines) is 1. The maximum absolute atomic E-state index is 14.5. The highest BCUT2D eigenvalue weighted by Gasteiger charge is 2.43. The molecule has 2 rings (SSSR count). The number of hydrogen-bond acceptors (Lipinski definition) is 18. The maximum Gasteiger partial charge on any atom is 0.490 e. The summed E-state index contributed by atoms with van der Waals surface area (Å²) in [6.45, 7) is 21.6. The van der Waals surface area contributed by atoms with Crippen LogP contribution in [0.15, 0.2) is 30.3 Å². The maximum atomic E-state index is 14.5. The molecule has 1 aliphatic heterocycles. The molecule has 15 atom stereocenters. The number of carboxylic acid groups (broad SMARTS) is 2. The van der Waals surface area contributed by atoms with E-state index in [1.54, 1.807) is 92.6 Å². The molecular formula is C66H110F3N13O17S. The van der Waals surface area contributed by atoms with Crippen LogP contribution in [0.3, 0.4) is 0 Å². The van der Waals surface area contributed by atoms with Gasteiger partial charge in [0.1, 0.15) is 60.4 Å². The summed E-state index contributed by atoms with van der Waals surface area (Å²) in [6, 6.07) is -6.84. The number of alkyl halides is 3. The van der Waals surface area contributed by atoms with Crippen molar-refractivity contribution in [3.05, 3.63) is 35.9 Å². The Labute approximate surface area is 588 Å². The average molecular weight is 1450 g/mol. The highest BCUT2D eigenvalue weighted by molar-refractivity contribution is 7.80. The number of unbranched alkanes of at least 4 members (excludes halogenated alkanes) is 1. The Bertz CT molecular complexity index is 2860. The van der Waals surface area contributed by atoms with Crippen LogP contribution < -0.4 is 64.6 Å². The molecule has 0 saturated carbocycles. The van der Waals surface area contributed by atoms with Crippen molar-refractivity contribution in [1.82, 2.24) is 58.1 Å². The second-order valence-corrected chi connectivity index (χ2v) is 27.1. The second kappa shape index (κ2) is 44.5. The van der Waals surface area contributed by atoms with E-state index in [0.29, 0.717) is 37.7 Å². The average Bonchev–Trinajstić information content (AvgIpc) is 0.983. The van der Waals surface area contributed by atoms with Crippen molar-refractivity contribution in [1.29, 1.82) is 0 Å². The lowest BCUT2D eigenvalue weighted by Gasteiger charge is -2.32. The number of aliphatic hydroxyl groups is 2. The monoisotopic (exact) mass is 1450 g/mol. The van der Waals surface area contributed by atoms with Gasteiger partial charge in [0.15, 0.2) is 6.04 Å². The van der Waals surface area contributed by atoms with Crippen molar-refractivity contribution in [2.45, 2.75) is 239 Å². The third kappa shape index (κ3) is 30.6. The predicted molar refractivity (Wildman–Crippen MR) is 367 cm³/mol. The van der Waals surface area contributed by atoms with Gasteiger partial charge in [0.05, 0.1) is 18.8 Å². The number of nitrogens with one attached hydrogen (secondary N) is 10. The summed E-state index contributed by atoms with van der Waals surface area (Å²) in [5.41, 5.74) is 12.2. The molecule has 0 radical (unpaired) electrons. The Morgan fingerprint density at radius 1 is 0.560 bits per heavy atom. The van der Waals surface area contributed by atoms with Gasteiger partial charge in [-0.15, -0.1) is 0 Å². The number of hydrogen-bond donors (Lipinski definition) is 17. The van der Waals surface area contributed by atoms with Crippen LogP contribution in [0.2, 0.25) is 0 Å². The lowest BCUT2D eigenvalue weighted by Crippen LogP contribution is -2.63. The van der Waals surface area contributed by atoms with E-state index in [1.807, 2.05) is 20.8 Å². The summed E-state index contributed by atoms with van der Waals surface area (Å²) in [5, 5.41) is 64.1. The van der Waals surface area contributed by atoms with E-state index >= 15 is 0 Å². The number of nitrogens with zero attached hydrogens (tertiary/aromatic N) is 1. The van der Waals surface area contributed by atoms with Crippen LogP contribution in [0.4, 0.5) is 13.2 Å². The van der Waals surface area contributed by atoms with Crippen LogP contribution in [-0.2, 0) is 68.7 Å². The number of rotatable bonds is 41. The van der Waals surface area contributed by atoms with Gasteiger partial charge >= 0.3 is 18.1 Å². The molecule has 30 nitrogen and oxygen atoms in total. The molecule has 0 unspecified atom stereocenters. The summed E-state index contributed by atoms with van der Waals surface area (Å²) in [5.74, 6) is -15.0. The zero-order valence-electron chi connectivity index (χ0n) is 59.5. The van der Waals surface area contributed by atoms with Gasteiger partial charge in [-0.3, -0.25) is 52.7 Å². The van der Waals surface area contributed by atoms with Gasteiger partial charge in [0, 0.05) is 18.7 Å². The molecule has 1 fully saturated rings. The van der Waals surface area contributed by atoms with Crippen LogP contribution >= 0.6 is 12.6 Å². The Morgan fingerprint density at radius 2 is 0.960 bits per heavy atom. The van der Waals surface area contributed by atoms with Crippen LogP contribution in [0, 0.1) is 35.5 Å². The summed E-state index contributed by atoms with van der Waals surface area (Å²) in [7, 11) is 0. The standard InChI is InChI=1S/C64H109N13O15S.C2HF3O2/c1-14-37(11)50(75-60(87)49(36(9)10)73-62(89)51(38(12)15-2)74-56(83)44(29-34(5)6)68-53(80)41(66)32-93)61(88)70-43(28-33(3)4)55(82)71-46(31-78)63(90)77-27-21-25-47(77)58(85)69-45(30-40-22-17-16-18-23-40)57(84)72-48(35(7)8)59(86)67-42(24-19-20-26-65)54(81)76-52(39(13)79)64(91)92;3-2(4,5)1(6)7/h16-18,22-23,33-39,41-52,78-79,93H,14-15,19-21,24-32,65-66H2,1-13H3,(H,67,86)(H,68,80)(H,69,85)(H,70,88)(H,71,82)(H,72,84)(H,73,89)(H,74,83)(H,75,87)(H,76,81)(H,91,92);(H,6,7)/t37-,38-,39+,41-,42-,43-,44-,45-,46-,47-,48-,49-,50-,51-,52-;/m0./s1. The molecule has 100 heavy (non-hydrogen) atoms. The molecular weight excluding hydrogens is 1340 g/mol. The molecule has 11 amide bonds. The van der Waals surface area contributed by atoms with E-state index in [0.717, 1.165) is 0 Å². The molecule has 18 N–H and O–H groups in total. The zero-order valence-corrected chi connectivity index (χ0v) is 60.4. The van der Waals surface area contributed by atoms with Crippen molar-refractivity contribution in [2.75, 3.05) is 25.4 Å². The van der Waals surface area contributed by atoms with Gasteiger partial charge < -0.3 is 90.0 Å². The normalized spacial score (nSPS) is 17.2. The van der Waals surface area contributed by atoms with Gasteiger partial charge in [0.25, 0.3) is 0 Å². The molecule has 1 heterocycles. The topological polar surface area (TPSA) is 478 Å². The first kappa shape index (κ1) is 90.3. The number of aliphatic carboxylic acids is 2. The molecule has 34 heteroatoms. The van der Waals surface area contributed by atoms with E-state index in [4.69, 9.17) is 21.4 Å². The SMILES string of the molecule is CC[C@H](C)[C@H](NC(=O)[C@H](CC(C)C)NC(=O)[C@@H](N)CS)C(=O)N[C@H](C(=O)N[C@H](C(=O)N[C@@H](CC(C)C)C(=O)N[C@@H](CO)C(=O)N1CCC[C@H]1C(=O)N[C@@H](Cc1ccccc1)C(=O)N[C@H](C(=O)N[C@@H](CCCCN)C(=O)N[C@H](C(=O)O)[C@@H](C)O)C(C)C)[C@@H](C)CC)C(C)C.O=C(O)C(F)(F)F. The lowest BCUT2D eigenvalue weighted by molar-refractivity contribution is -0.192. The number of aliphatic hydroxyl groups excluding tert-OH is 2. The van der Waals surface area contributed by atoms with Gasteiger partial charge in [-0.05, 0) is 99.5 Å². The number of nitrogens with two attached hydrogens (primary N) is 2. The first-order valence-electron chi connectivity index (χ1n) is 33.9. The molecule has 1 aromatic carbocycles. The predicted octanol–water partition coefficient (Wildman–Crippen LogP) is 0.0416. The molecule has 1 aromatic rings. The summed E-state index contributed by atoms with van der Waals surface area (Å²) in [4.78, 5) is 177. The highest BCUT2D eigenvalue weighted by atomic mass is 32.1. The summed E-state index contributed by atoms with van der Waals surface area (Å²) >= 11 is 4.09. The van der Waals surface area contributed by atoms with Crippen molar-refractivity contribution in [3.63, 3.8) is 0 Å². The number of carbonyl (C=O) groups is 13. The first-order valence-corrected chi connectivity index (χ1v) is 34.5. The molecule has 1 aliphatic rings. The highest BCUT2D eigenvalue weighted by Crippen LogP contribution is 2.22. The van der Waals surface area contributed by atoms with Crippen molar-refractivity contribution < 1.29 is 95.9 Å². The van der Waals surface area contributed by atoms with Gasteiger partial charge in [-0.25, -0.2) is 9.59 Å². The molecule has 1 saturated heterocycles. The number of carbonyl (C=O) groups excluding carboxylic acids is 11. The van der Waals surface area contributed by atoms with Gasteiger partial charge in [-0.1, -0.05) is 126 Å². The molecule has 0 bridgehead atoms. The number of halogens is 3. The molecule has 568 valence electrons. The number of benzene rings is 1. The Hall–Kier alpha value is -7.69. The van der Waals surface area contributed by atoms with Gasteiger partial charge in [-0.2, -0.15) is 25.8 Å². The first-order chi connectivity index (χ1) is 46.6. The van der Waals surface area contributed by atoms with E-state index in [2.05, 4.69) is 65.8 Å². The van der Waals surface area contributed by atoms with Crippen molar-refractivity contribution >= 4 is 89.5 Å². The van der Waals surface area contributed by atoms with Gasteiger partial charge in [0.2, 0.25) is 65.0 Å². The Balaban J connectivity index is 0.00000675. The van der Waals surface area contributed by atoms with E-state index < -0.39 is 192 Å². The fraction of sp³-hybridized carbons (Fsp3) is 0.712. The van der Waals surface area contributed by atoms with Crippen LogP contribution in [0.25, 0.3) is 0 Å². The van der Waals surface area contributed by atoms with E-state index in [-0.39, 0.29) is 62.8 Å². The third-order valence-corrected chi connectivity index (χ3v) is 17.1. The summed E-state index contributed by atoms with van der Waals surface area (Å²) in [6.07, 6.45) is -4.30. The zero-order chi connectivity index (χ0) is 76.6.